The van der Waals surface area contributed by atoms with Crippen molar-refractivity contribution in [2.75, 3.05) is 9.34 Å². The molecule has 0 saturated heterocycles. The fourth-order valence-electron chi connectivity index (χ4n) is 4.24. The fraction of sp³-hybridized carbons (Fsp3) is 0. The highest BCUT2D eigenvalue weighted by molar-refractivity contribution is 8.13. The summed E-state index contributed by atoms with van der Waals surface area (Å²) >= 11 is 13.8. The van der Waals surface area contributed by atoms with Crippen LogP contribution < -0.4 is 18.4 Å². The number of nitrogens with zero attached hydrogens (tertiary/aromatic N) is 7. The maximum atomic E-state index is 6.89. The van der Waals surface area contributed by atoms with Crippen molar-refractivity contribution in [1.29, 1.82) is 0 Å². The second kappa shape index (κ2) is 8.11. The standard InChI is InChI=1S/C22H16Cl2N7O2P3/c23-34(24)27-35(30(21-13-5-7-15-25-21)17-9-1-3-11-19(17)32-35)29-36(28-34)31(22-14-6-8-16-26-22)18-10-2-4-12-20(18)33-36/h1-16H/t35-,36-/m1/s1. The van der Waals surface area contributed by atoms with Gasteiger partial charge in [-0.1, -0.05) is 36.4 Å². The SMILES string of the molecule is ClP1(Cl)=N[P@]2(=N[P@@]3(=N1)Oc1ccccc1N3c1ccccn1)Oc1ccccc1N2c1ccccn1. The minimum atomic E-state index is -3.33. The number of aromatic nitrogens is 2. The highest BCUT2D eigenvalue weighted by Gasteiger charge is 2.53. The van der Waals surface area contributed by atoms with E-state index in [4.69, 9.17) is 45.1 Å². The molecular weight excluding hydrogens is 558 g/mol. The van der Waals surface area contributed by atoms with Crippen LogP contribution >= 0.6 is 43.6 Å². The molecule has 0 amide bonds. The Morgan fingerprint density at radius 3 is 1.53 bits per heavy atom. The molecule has 2 atom stereocenters. The summed E-state index contributed by atoms with van der Waals surface area (Å²) in [6.07, 6.45) is 3.41. The Morgan fingerprint density at radius 1 is 0.556 bits per heavy atom. The number of anilines is 4. The van der Waals surface area contributed by atoms with Crippen LogP contribution in [0.15, 0.2) is 111 Å². The van der Waals surface area contributed by atoms with Gasteiger partial charge in [-0.25, -0.2) is 19.3 Å². The summed E-state index contributed by atoms with van der Waals surface area (Å²) < 4.78 is 31.8. The van der Waals surface area contributed by atoms with E-state index < -0.39 is 21.1 Å². The zero-order chi connectivity index (χ0) is 24.4. The largest absolute Gasteiger partial charge is 0.424 e. The number of fused-ring (bicyclic) bond motifs is 2. The summed E-state index contributed by atoms with van der Waals surface area (Å²) in [7, 11) is -6.62. The molecule has 7 rings (SSSR count). The van der Waals surface area contributed by atoms with E-state index in [0.717, 1.165) is 11.4 Å². The summed E-state index contributed by atoms with van der Waals surface area (Å²) in [5, 5.41) is 0. The number of hydrogen-bond acceptors (Lipinski definition) is 9. The summed E-state index contributed by atoms with van der Waals surface area (Å²) in [5.41, 5.74) is 1.54. The number of para-hydroxylation sites is 4. The van der Waals surface area contributed by atoms with E-state index in [1.165, 1.54) is 0 Å². The monoisotopic (exact) mass is 573 g/mol. The van der Waals surface area contributed by atoms with E-state index in [1.807, 2.05) is 94.3 Å². The van der Waals surface area contributed by atoms with E-state index in [0.29, 0.717) is 23.1 Å². The molecule has 3 aliphatic heterocycles. The molecule has 2 spiro atoms. The lowest BCUT2D eigenvalue weighted by molar-refractivity contribution is 0.613. The summed E-state index contributed by atoms with van der Waals surface area (Å²) in [6.45, 7) is 0. The van der Waals surface area contributed by atoms with E-state index in [-0.39, 0.29) is 0 Å². The van der Waals surface area contributed by atoms with Gasteiger partial charge in [-0.05, 0) is 71.0 Å². The normalized spacial score (nSPS) is 24.7. The van der Waals surface area contributed by atoms with Gasteiger partial charge in [0.15, 0.2) is 11.5 Å². The molecular formula is C22H16Cl2N7O2P3. The third-order valence-electron chi connectivity index (χ3n) is 5.56. The molecule has 9 nitrogen and oxygen atoms in total. The van der Waals surface area contributed by atoms with E-state index in [9.17, 15) is 0 Å². The van der Waals surface area contributed by atoms with Crippen molar-refractivity contribution >= 4 is 66.6 Å². The number of hydrogen-bond donors (Lipinski definition) is 0. The van der Waals surface area contributed by atoms with Crippen LogP contribution in [0.5, 0.6) is 11.5 Å². The van der Waals surface area contributed by atoms with E-state index >= 15 is 0 Å². The molecule has 5 heterocycles. The zero-order valence-corrected chi connectivity index (χ0v) is 22.5. The maximum Gasteiger partial charge on any atom is 0.368 e. The fourth-order valence-corrected chi connectivity index (χ4v) is 16.8. The first-order valence-corrected chi connectivity index (χ1v) is 17.4. The average Bonchev–Trinajstić information content (AvgIpc) is 3.34. The van der Waals surface area contributed by atoms with Crippen LogP contribution in [0, 0.1) is 0 Å². The predicted octanol–water partition coefficient (Wildman–Crippen LogP) is 9.57. The van der Waals surface area contributed by atoms with E-state index in [1.54, 1.807) is 12.4 Å². The molecule has 0 radical (unpaired) electrons. The van der Waals surface area contributed by atoms with Gasteiger partial charge in [-0.2, -0.15) is 9.03 Å². The second-order valence-corrected chi connectivity index (χ2v) is 17.5. The van der Waals surface area contributed by atoms with Crippen LogP contribution in [-0.2, 0) is 0 Å². The first-order chi connectivity index (χ1) is 17.5. The summed E-state index contributed by atoms with van der Waals surface area (Å²) in [6, 6.07) is 26.4. The smallest absolute Gasteiger partial charge is 0.368 e. The minimum Gasteiger partial charge on any atom is -0.424 e. The molecule has 0 N–H and O–H groups in total. The van der Waals surface area contributed by atoms with Gasteiger partial charge in [0.05, 0.1) is 11.4 Å². The van der Waals surface area contributed by atoms with Gasteiger partial charge in [0.25, 0.3) is 5.91 Å². The summed E-state index contributed by atoms with van der Waals surface area (Å²) in [5.74, 6) is -0.890. The molecule has 0 aliphatic carbocycles. The predicted molar refractivity (Wildman–Crippen MR) is 147 cm³/mol. The molecule has 0 unspecified atom stereocenters. The van der Waals surface area contributed by atoms with Crippen LogP contribution in [0.25, 0.3) is 0 Å². The molecule has 0 saturated carbocycles. The van der Waals surface area contributed by atoms with Crippen LogP contribution in [0.2, 0.25) is 0 Å². The van der Waals surface area contributed by atoms with Crippen molar-refractivity contribution < 1.29 is 9.05 Å². The maximum absolute atomic E-state index is 6.89. The lowest BCUT2D eigenvalue weighted by Gasteiger charge is -2.33. The quantitative estimate of drug-likeness (QED) is 0.222. The van der Waals surface area contributed by atoms with Crippen molar-refractivity contribution in [1.82, 2.24) is 9.97 Å². The van der Waals surface area contributed by atoms with Gasteiger partial charge < -0.3 is 9.05 Å². The molecule has 3 aliphatic rings. The number of halogens is 2. The Hall–Kier alpha value is -2.79. The topological polar surface area (TPSA) is 87.8 Å². The van der Waals surface area contributed by atoms with Crippen LogP contribution in [0.4, 0.5) is 23.0 Å². The molecule has 14 heteroatoms. The number of pyridine rings is 2. The Labute approximate surface area is 216 Å². The zero-order valence-electron chi connectivity index (χ0n) is 18.3. The average molecular weight is 574 g/mol. The number of rotatable bonds is 2. The molecule has 180 valence electrons. The van der Waals surface area contributed by atoms with Crippen molar-refractivity contribution in [2.24, 2.45) is 13.5 Å². The highest BCUT2D eigenvalue weighted by atomic mass is 35.9. The van der Waals surface area contributed by atoms with Crippen LogP contribution in [-0.4, -0.2) is 9.97 Å². The second-order valence-electron chi connectivity index (χ2n) is 7.87. The molecule has 36 heavy (non-hydrogen) atoms. The van der Waals surface area contributed by atoms with Crippen molar-refractivity contribution in [2.45, 2.75) is 0 Å². The minimum absolute atomic E-state index is 0.609. The summed E-state index contributed by atoms with van der Waals surface area (Å²) in [4.78, 5) is 9.17. The Balaban J connectivity index is 1.55. The third kappa shape index (κ3) is 3.42. The molecule has 2 aromatic heterocycles. The first-order valence-electron chi connectivity index (χ1n) is 10.8. The van der Waals surface area contributed by atoms with Gasteiger partial charge in [-0.3, -0.25) is 0 Å². The third-order valence-corrected chi connectivity index (χ3v) is 16.2. The molecule has 2 aromatic carbocycles. The van der Waals surface area contributed by atoms with Crippen molar-refractivity contribution in [3.8, 4) is 11.5 Å². The lowest BCUT2D eigenvalue weighted by atomic mass is 10.3. The number of benzene rings is 2. The Kier molecular flexibility index (Phi) is 5.05. The van der Waals surface area contributed by atoms with Gasteiger partial charge in [0.1, 0.15) is 11.6 Å². The van der Waals surface area contributed by atoms with Crippen molar-refractivity contribution in [3.63, 3.8) is 0 Å². The first kappa shape index (κ1) is 22.4. The Bertz CT molecular complexity index is 1590. The van der Waals surface area contributed by atoms with Gasteiger partial charge in [0, 0.05) is 12.4 Å². The molecule has 0 bridgehead atoms. The Morgan fingerprint density at radius 2 is 1.03 bits per heavy atom. The lowest BCUT2D eigenvalue weighted by Crippen LogP contribution is -2.15. The van der Waals surface area contributed by atoms with Gasteiger partial charge >= 0.3 is 15.2 Å². The van der Waals surface area contributed by atoms with Crippen LogP contribution in [0.1, 0.15) is 0 Å². The van der Waals surface area contributed by atoms with Crippen molar-refractivity contribution in [3.05, 3.63) is 97.3 Å². The highest BCUT2D eigenvalue weighted by Crippen LogP contribution is 2.88. The van der Waals surface area contributed by atoms with Gasteiger partial charge in [0.2, 0.25) is 0 Å². The van der Waals surface area contributed by atoms with Crippen LogP contribution in [0.3, 0.4) is 0 Å². The molecule has 4 aromatic rings. The van der Waals surface area contributed by atoms with E-state index in [2.05, 4.69) is 9.97 Å². The van der Waals surface area contributed by atoms with Gasteiger partial charge in [-0.15, -0.1) is 4.52 Å². The molecule has 0 fully saturated rings.